The fraction of sp³-hybridized carbons (Fsp3) is 0.100. The Bertz CT molecular complexity index is 340. The second-order valence-electron chi connectivity index (χ2n) is 2.26. The van der Waals surface area contributed by atoms with Gasteiger partial charge >= 0.3 is 0 Å². The van der Waals surface area contributed by atoms with Crippen molar-refractivity contribution in [3.63, 3.8) is 0 Å². The number of hydrogen-bond donors (Lipinski definition) is 0. The van der Waals surface area contributed by atoms with Crippen molar-refractivity contribution < 1.29 is 0 Å². The maximum Gasteiger partial charge on any atom is 0.115 e. The molecule has 1 aromatic heterocycles. The van der Waals surface area contributed by atoms with E-state index in [0.717, 1.165) is 11.4 Å². The van der Waals surface area contributed by atoms with Crippen molar-refractivity contribution in [2.24, 2.45) is 9.98 Å². The first-order valence-electron chi connectivity index (χ1n) is 3.96. The Hall–Kier alpha value is -1.77. The third kappa shape index (κ3) is 2.63. The van der Waals surface area contributed by atoms with Crippen LogP contribution in [0.25, 0.3) is 6.08 Å². The molecule has 3 heteroatoms. The number of hydrogen-bond acceptors (Lipinski definition) is 2. The largest absolute Gasteiger partial charge is 0.255 e. The molecule has 0 amide bonds. The fourth-order valence-electron chi connectivity index (χ4n) is 0.838. The van der Waals surface area contributed by atoms with Gasteiger partial charge in [0.2, 0.25) is 0 Å². The number of rotatable bonds is 3. The highest BCUT2D eigenvalue weighted by Gasteiger charge is 1.94. The highest BCUT2D eigenvalue weighted by molar-refractivity contribution is 5.74. The summed E-state index contributed by atoms with van der Waals surface area (Å²) in [5.74, 6) is 0. The lowest BCUT2D eigenvalue weighted by molar-refractivity contribution is 1.28. The van der Waals surface area contributed by atoms with Crippen molar-refractivity contribution in [3.8, 4) is 0 Å². The number of aromatic nitrogens is 1. The van der Waals surface area contributed by atoms with Crippen LogP contribution in [0.1, 0.15) is 12.6 Å². The van der Waals surface area contributed by atoms with Gasteiger partial charge < -0.3 is 0 Å². The molecule has 0 atom stereocenters. The van der Waals surface area contributed by atoms with Gasteiger partial charge in [-0.15, -0.1) is 0 Å². The van der Waals surface area contributed by atoms with Crippen LogP contribution in [0.4, 0.5) is 5.69 Å². The van der Waals surface area contributed by atoms with Crippen LogP contribution in [-0.2, 0) is 0 Å². The van der Waals surface area contributed by atoms with Crippen LogP contribution in [-0.4, -0.2) is 17.5 Å². The summed E-state index contributed by atoms with van der Waals surface area (Å²) in [6, 6.07) is 3.70. The molecule has 0 saturated carbocycles. The minimum Gasteiger partial charge on any atom is -0.255 e. The van der Waals surface area contributed by atoms with Gasteiger partial charge in [0.25, 0.3) is 0 Å². The molecule has 1 heterocycles. The molecule has 0 aliphatic rings. The van der Waals surface area contributed by atoms with E-state index in [1.54, 1.807) is 18.5 Å². The number of aliphatic imine (C=N–C) groups is 2. The van der Waals surface area contributed by atoms with E-state index in [4.69, 9.17) is 0 Å². The zero-order chi connectivity index (χ0) is 9.52. The predicted molar refractivity (Wildman–Crippen MR) is 56.6 cm³/mol. The molecule has 1 rings (SSSR count). The average molecular weight is 173 g/mol. The summed E-state index contributed by atoms with van der Waals surface area (Å²) in [5, 5.41) is 0. The quantitative estimate of drug-likeness (QED) is 0.511. The SMILES string of the molecule is C=Cc1ncccc1/N=C\N=C\C. The van der Waals surface area contributed by atoms with Crippen LogP contribution >= 0.6 is 0 Å². The summed E-state index contributed by atoms with van der Waals surface area (Å²) in [6.07, 6.45) is 6.54. The van der Waals surface area contributed by atoms with E-state index in [1.165, 1.54) is 6.34 Å². The summed E-state index contributed by atoms with van der Waals surface area (Å²) < 4.78 is 0. The maximum absolute atomic E-state index is 4.11. The third-order valence-corrected chi connectivity index (χ3v) is 1.42. The van der Waals surface area contributed by atoms with Gasteiger partial charge in [-0.2, -0.15) is 0 Å². The smallest absolute Gasteiger partial charge is 0.115 e. The Morgan fingerprint density at radius 2 is 2.38 bits per heavy atom. The first-order valence-corrected chi connectivity index (χ1v) is 3.96. The minimum absolute atomic E-state index is 0.769. The van der Waals surface area contributed by atoms with E-state index in [-0.39, 0.29) is 0 Å². The lowest BCUT2D eigenvalue weighted by Gasteiger charge is -1.95. The first kappa shape index (κ1) is 9.32. The van der Waals surface area contributed by atoms with Crippen LogP contribution in [0.2, 0.25) is 0 Å². The molecule has 3 nitrogen and oxygen atoms in total. The van der Waals surface area contributed by atoms with Crippen LogP contribution in [0.15, 0.2) is 34.9 Å². The van der Waals surface area contributed by atoms with Crippen molar-refractivity contribution in [1.82, 2.24) is 4.98 Å². The Kier molecular flexibility index (Phi) is 3.57. The summed E-state index contributed by atoms with van der Waals surface area (Å²) in [7, 11) is 0. The molecule has 1 aromatic rings. The Morgan fingerprint density at radius 1 is 1.54 bits per heavy atom. The van der Waals surface area contributed by atoms with E-state index in [0.29, 0.717) is 0 Å². The standard InChI is InChI=1S/C10H11N3/c1-3-9-10(6-5-7-12-9)13-8-11-4-2/h3-8H,1H2,2H3/b11-4+,13-8-. The summed E-state index contributed by atoms with van der Waals surface area (Å²) in [4.78, 5) is 12.1. The van der Waals surface area contributed by atoms with Gasteiger partial charge in [-0.1, -0.05) is 6.58 Å². The molecule has 0 N–H and O–H groups in total. The van der Waals surface area contributed by atoms with Gasteiger partial charge in [0.15, 0.2) is 0 Å². The van der Waals surface area contributed by atoms with Crippen molar-refractivity contribution in [3.05, 3.63) is 30.6 Å². The monoisotopic (exact) mass is 173 g/mol. The second kappa shape index (κ2) is 4.98. The molecule has 0 aliphatic heterocycles. The van der Waals surface area contributed by atoms with Gasteiger partial charge in [0.05, 0.1) is 11.4 Å². The molecule has 0 aromatic carbocycles. The second-order valence-corrected chi connectivity index (χ2v) is 2.26. The van der Waals surface area contributed by atoms with Gasteiger partial charge in [0, 0.05) is 12.4 Å². The lowest BCUT2D eigenvalue weighted by atomic mass is 10.3. The normalized spacial score (nSPS) is 11.2. The van der Waals surface area contributed by atoms with Crippen LogP contribution in [0, 0.1) is 0 Å². The molecular weight excluding hydrogens is 162 g/mol. The van der Waals surface area contributed by atoms with Crippen LogP contribution in [0.5, 0.6) is 0 Å². The minimum atomic E-state index is 0.769. The van der Waals surface area contributed by atoms with Crippen molar-refractivity contribution >= 4 is 24.3 Å². The van der Waals surface area contributed by atoms with E-state index in [1.807, 2.05) is 19.1 Å². The van der Waals surface area contributed by atoms with Gasteiger partial charge in [-0.3, -0.25) is 4.98 Å². The van der Waals surface area contributed by atoms with E-state index in [2.05, 4.69) is 21.5 Å². The molecule has 0 fully saturated rings. The van der Waals surface area contributed by atoms with Crippen molar-refractivity contribution in [2.45, 2.75) is 6.92 Å². The first-order chi connectivity index (χ1) is 6.38. The van der Waals surface area contributed by atoms with E-state index >= 15 is 0 Å². The van der Waals surface area contributed by atoms with E-state index < -0.39 is 0 Å². The highest BCUT2D eigenvalue weighted by atomic mass is 14.9. The van der Waals surface area contributed by atoms with E-state index in [9.17, 15) is 0 Å². The zero-order valence-electron chi connectivity index (χ0n) is 7.51. The summed E-state index contributed by atoms with van der Waals surface area (Å²) >= 11 is 0. The predicted octanol–water partition coefficient (Wildman–Crippen LogP) is 2.48. The molecule has 0 radical (unpaired) electrons. The molecule has 0 spiro atoms. The maximum atomic E-state index is 4.11. The fourth-order valence-corrected chi connectivity index (χ4v) is 0.838. The van der Waals surface area contributed by atoms with Gasteiger partial charge in [0.1, 0.15) is 6.34 Å². The number of pyridine rings is 1. The summed E-state index contributed by atoms with van der Waals surface area (Å²) in [5.41, 5.74) is 1.55. The zero-order valence-corrected chi connectivity index (χ0v) is 7.51. The molecule has 0 saturated heterocycles. The van der Waals surface area contributed by atoms with Crippen molar-refractivity contribution in [2.75, 3.05) is 0 Å². The highest BCUT2D eigenvalue weighted by Crippen LogP contribution is 2.15. The van der Waals surface area contributed by atoms with Gasteiger partial charge in [-0.25, -0.2) is 9.98 Å². The Labute approximate surface area is 77.6 Å². The average Bonchev–Trinajstić information content (AvgIpc) is 2.19. The Morgan fingerprint density at radius 3 is 3.08 bits per heavy atom. The van der Waals surface area contributed by atoms with Crippen LogP contribution in [0.3, 0.4) is 0 Å². The lowest BCUT2D eigenvalue weighted by Crippen LogP contribution is -1.79. The molecule has 0 bridgehead atoms. The molecule has 0 unspecified atom stereocenters. The third-order valence-electron chi connectivity index (χ3n) is 1.42. The van der Waals surface area contributed by atoms with Gasteiger partial charge in [-0.05, 0) is 25.1 Å². The van der Waals surface area contributed by atoms with Crippen LogP contribution < -0.4 is 0 Å². The Balaban J connectivity index is 2.93. The summed E-state index contributed by atoms with van der Waals surface area (Å²) in [6.45, 7) is 5.48. The number of nitrogens with zero attached hydrogens (tertiary/aromatic N) is 3. The van der Waals surface area contributed by atoms with Crippen molar-refractivity contribution in [1.29, 1.82) is 0 Å². The molecule has 66 valence electrons. The molecule has 13 heavy (non-hydrogen) atoms. The topological polar surface area (TPSA) is 37.6 Å². The molecular formula is C10H11N3. The molecule has 0 aliphatic carbocycles.